The molecule has 0 aliphatic carbocycles. The molecule has 2 heterocycles. The average Bonchev–Trinajstić information content (AvgIpc) is 2.78. The minimum absolute atomic E-state index is 0.175. The number of rotatable bonds is 7. The Balaban J connectivity index is 1.63. The quantitative estimate of drug-likeness (QED) is 0.610. The third-order valence-electron chi connectivity index (χ3n) is 5.51. The lowest BCUT2D eigenvalue weighted by atomic mass is 9.97. The van der Waals surface area contributed by atoms with Gasteiger partial charge in [0.2, 0.25) is 11.8 Å². The van der Waals surface area contributed by atoms with Gasteiger partial charge >= 0.3 is 0 Å². The molecule has 0 bridgehead atoms. The van der Waals surface area contributed by atoms with Crippen LogP contribution in [0.1, 0.15) is 37.0 Å². The molecule has 1 saturated heterocycles. The van der Waals surface area contributed by atoms with E-state index in [1.807, 2.05) is 18.7 Å². The van der Waals surface area contributed by atoms with Gasteiger partial charge in [0, 0.05) is 18.7 Å². The van der Waals surface area contributed by atoms with E-state index in [1.54, 1.807) is 18.3 Å². The number of primary amides is 1. The van der Waals surface area contributed by atoms with Gasteiger partial charge in [0.1, 0.15) is 17.7 Å². The number of carbonyl (C=O) groups excluding carboxylic acids is 3. The van der Waals surface area contributed by atoms with Crippen molar-refractivity contribution in [2.24, 2.45) is 17.6 Å². The van der Waals surface area contributed by atoms with E-state index < -0.39 is 17.8 Å². The number of nitrogens with two attached hydrogens (primary N) is 1. The van der Waals surface area contributed by atoms with Gasteiger partial charge in [-0.25, -0.2) is 9.37 Å². The molecule has 32 heavy (non-hydrogen) atoms. The summed E-state index contributed by atoms with van der Waals surface area (Å²) in [6.45, 7) is 4.95. The maximum atomic E-state index is 13.1. The summed E-state index contributed by atoms with van der Waals surface area (Å²) in [4.78, 5) is 43.2. The topological polar surface area (TPSA) is 117 Å². The average molecular weight is 442 g/mol. The molecule has 1 aromatic heterocycles. The Bertz CT molecular complexity index is 963. The molecule has 1 fully saturated rings. The number of anilines is 2. The van der Waals surface area contributed by atoms with Crippen LogP contribution in [0.5, 0.6) is 0 Å². The molecule has 3 amide bonds. The summed E-state index contributed by atoms with van der Waals surface area (Å²) in [5, 5.41) is 5.48. The van der Waals surface area contributed by atoms with Gasteiger partial charge in [-0.3, -0.25) is 14.4 Å². The summed E-state index contributed by atoms with van der Waals surface area (Å²) in [6.07, 6.45) is 3.18. The molecule has 3 rings (SSSR count). The first-order valence-electron chi connectivity index (χ1n) is 10.6. The van der Waals surface area contributed by atoms with Gasteiger partial charge in [0.25, 0.3) is 5.91 Å². The van der Waals surface area contributed by atoms with Crippen molar-refractivity contribution in [2.45, 2.75) is 32.7 Å². The maximum Gasteiger partial charge on any atom is 0.251 e. The molecular formula is C23H28FN5O3. The fraction of sp³-hybridized carbons (Fsp3) is 0.391. The molecule has 9 heteroatoms. The third kappa shape index (κ3) is 5.81. The van der Waals surface area contributed by atoms with Gasteiger partial charge in [0.05, 0.1) is 17.8 Å². The fourth-order valence-corrected chi connectivity index (χ4v) is 3.65. The van der Waals surface area contributed by atoms with Crippen molar-refractivity contribution in [1.29, 1.82) is 0 Å². The van der Waals surface area contributed by atoms with Crippen LogP contribution >= 0.6 is 0 Å². The molecule has 1 aliphatic rings. The van der Waals surface area contributed by atoms with Crippen LogP contribution in [0.4, 0.5) is 15.9 Å². The lowest BCUT2D eigenvalue weighted by molar-refractivity contribution is -0.122. The zero-order valence-electron chi connectivity index (χ0n) is 18.2. The number of carbonyl (C=O) groups is 3. The molecular weight excluding hydrogens is 413 g/mol. The van der Waals surface area contributed by atoms with E-state index in [1.165, 1.54) is 24.3 Å². The molecule has 0 saturated carbocycles. The Morgan fingerprint density at radius 3 is 2.47 bits per heavy atom. The first-order valence-corrected chi connectivity index (χ1v) is 10.6. The second-order valence-electron chi connectivity index (χ2n) is 8.28. The second kappa shape index (κ2) is 10.2. The van der Waals surface area contributed by atoms with Crippen molar-refractivity contribution in [3.05, 3.63) is 54.0 Å². The summed E-state index contributed by atoms with van der Waals surface area (Å²) in [5.41, 5.74) is 6.20. The predicted octanol–water partition coefficient (Wildman–Crippen LogP) is 2.32. The number of nitrogens with one attached hydrogen (secondary N) is 2. The molecule has 170 valence electrons. The van der Waals surface area contributed by atoms with Crippen LogP contribution in [-0.4, -0.2) is 41.8 Å². The first-order chi connectivity index (χ1) is 15.2. The summed E-state index contributed by atoms with van der Waals surface area (Å²) in [5.74, 6) is -1.24. The van der Waals surface area contributed by atoms with E-state index in [0.717, 1.165) is 19.4 Å². The highest BCUT2D eigenvalue weighted by Gasteiger charge is 2.26. The molecule has 0 spiro atoms. The number of nitrogens with zero attached hydrogens (tertiary/aromatic N) is 2. The van der Waals surface area contributed by atoms with Gasteiger partial charge in [-0.1, -0.05) is 13.8 Å². The Kier molecular flexibility index (Phi) is 7.40. The van der Waals surface area contributed by atoms with E-state index in [9.17, 15) is 18.8 Å². The molecule has 2 aromatic rings. The molecule has 2 atom stereocenters. The summed E-state index contributed by atoms with van der Waals surface area (Å²) in [6, 6.07) is 7.85. The Morgan fingerprint density at radius 2 is 1.88 bits per heavy atom. The molecule has 8 nitrogen and oxygen atoms in total. The summed E-state index contributed by atoms with van der Waals surface area (Å²) >= 11 is 0. The van der Waals surface area contributed by atoms with Crippen molar-refractivity contribution in [1.82, 2.24) is 10.3 Å². The van der Waals surface area contributed by atoms with E-state index in [2.05, 4.69) is 15.6 Å². The summed E-state index contributed by atoms with van der Waals surface area (Å²) in [7, 11) is 0. The van der Waals surface area contributed by atoms with E-state index in [0.29, 0.717) is 18.1 Å². The molecule has 2 unspecified atom stereocenters. The van der Waals surface area contributed by atoms with Crippen LogP contribution in [0.25, 0.3) is 0 Å². The monoisotopic (exact) mass is 441 g/mol. The van der Waals surface area contributed by atoms with Gasteiger partial charge in [-0.15, -0.1) is 0 Å². The molecule has 4 N–H and O–H groups in total. The minimum atomic E-state index is -0.786. The Morgan fingerprint density at radius 1 is 1.16 bits per heavy atom. The van der Waals surface area contributed by atoms with E-state index in [-0.39, 0.29) is 29.2 Å². The highest BCUT2D eigenvalue weighted by molar-refractivity contribution is 6.01. The van der Waals surface area contributed by atoms with Crippen molar-refractivity contribution < 1.29 is 18.8 Å². The van der Waals surface area contributed by atoms with Crippen LogP contribution in [0.2, 0.25) is 0 Å². The fourth-order valence-electron chi connectivity index (χ4n) is 3.65. The Labute approximate surface area is 186 Å². The maximum absolute atomic E-state index is 13.1. The molecule has 1 aromatic carbocycles. The third-order valence-corrected chi connectivity index (χ3v) is 5.51. The SMILES string of the molecule is CC(C)C(NC(=O)c1ccc(F)cc1)C(=O)Nc1ccc(N2CCCC(C(N)=O)C2)nc1. The number of hydrogen-bond acceptors (Lipinski definition) is 5. The zero-order valence-corrected chi connectivity index (χ0v) is 18.2. The van der Waals surface area contributed by atoms with E-state index >= 15 is 0 Å². The minimum Gasteiger partial charge on any atom is -0.369 e. The first kappa shape index (κ1) is 23.2. The van der Waals surface area contributed by atoms with Crippen LogP contribution in [0, 0.1) is 17.7 Å². The normalized spacial score (nSPS) is 17.0. The van der Waals surface area contributed by atoms with Crippen molar-refractivity contribution >= 4 is 29.2 Å². The van der Waals surface area contributed by atoms with E-state index in [4.69, 9.17) is 5.73 Å². The molecule has 1 aliphatic heterocycles. The highest BCUT2D eigenvalue weighted by Crippen LogP contribution is 2.22. The lowest BCUT2D eigenvalue weighted by Gasteiger charge is -2.32. The predicted molar refractivity (Wildman–Crippen MR) is 119 cm³/mol. The Hall–Kier alpha value is -3.49. The van der Waals surface area contributed by atoms with Crippen molar-refractivity contribution in [3.8, 4) is 0 Å². The largest absolute Gasteiger partial charge is 0.369 e. The highest BCUT2D eigenvalue weighted by atomic mass is 19.1. The van der Waals surface area contributed by atoms with Crippen LogP contribution < -0.4 is 21.3 Å². The second-order valence-corrected chi connectivity index (χ2v) is 8.28. The number of halogens is 1. The number of amides is 3. The van der Waals surface area contributed by atoms with Crippen molar-refractivity contribution in [3.63, 3.8) is 0 Å². The van der Waals surface area contributed by atoms with Crippen LogP contribution in [0.3, 0.4) is 0 Å². The number of pyridine rings is 1. The summed E-state index contributed by atoms with van der Waals surface area (Å²) < 4.78 is 13.1. The number of aromatic nitrogens is 1. The van der Waals surface area contributed by atoms with Gasteiger partial charge in [-0.2, -0.15) is 0 Å². The van der Waals surface area contributed by atoms with Gasteiger partial charge in [-0.05, 0) is 55.2 Å². The van der Waals surface area contributed by atoms with Crippen molar-refractivity contribution in [2.75, 3.05) is 23.3 Å². The van der Waals surface area contributed by atoms with Gasteiger partial charge < -0.3 is 21.3 Å². The van der Waals surface area contributed by atoms with Crippen LogP contribution in [-0.2, 0) is 9.59 Å². The number of benzene rings is 1. The molecule has 0 radical (unpaired) electrons. The smallest absolute Gasteiger partial charge is 0.251 e. The lowest BCUT2D eigenvalue weighted by Crippen LogP contribution is -2.47. The zero-order chi connectivity index (χ0) is 23.3. The van der Waals surface area contributed by atoms with Gasteiger partial charge in [0.15, 0.2) is 0 Å². The standard InChI is InChI=1S/C23H28FN5O3/c1-14(2)20(28-22(31)15-5-7-17(24)8-6-15)23(32)27-18-9-10-19(26-12-18)29-11-3-4-16(13-29)21(25)30/h5-10,12,14,16,20H,3-4,11,13H2,1-2H3,(H2,25,30)(H,27,32)(H,28,31). The number of hydrogen-bond donors (Lipinski definition) is 3. The number of piperidine rings is 1. The van der Waals surface area contributed by atoms with Crippen LogP contribution in [0.15, 0.2) is 42.6 Å².